The molecule has 1 N–H and O–H groups in total. The van der Waals surface area contributed by atoms with Gasteiger partial charge in [-0.3, -0.25) is 4.79 Å². The van der Waals surface area contributed by atoms with Crippen LogP contribution in [0.15, 0.2) is 24.3 Å². The van der Waals surface area contributed by atoms with Crippen LogP contribution in [-0.4, -0.2) is 38.2 Å². The number of rotatable bonds is 8. The van der Waals surface area contributed by atoms with Gasteiger partial charge < -0.3 is 14.4 Å². The number of hydrogen-bond acceptors (Lipinski definition) is 5. The van der Waals surface area contributed by atoms with E-state index in [1.54, 1.807) is 19.1 Å². The van der Waals surface area contributed by atoms with E-state index >= 15 is 0 Å². The lowest BCUT2D eigenvalue weighted by atomic mass is 9.98. The van der Waals surface area contributed by atoms with Crippen LogP contribution in [0.1, 0.15) is 44.0 Å². The van der Waals surface area contributed by atoms with Crippen LogP contribution in [0.3, 0.4) is 0 Å². The van der Waals surface area contributed by atoms with Gasteiger partial charge in [-0.1, -0.05) is 13.8 Å². The van der Waals surface area contributed by atoms with Gasteiger partial charge in [0.2, 0.25) is 0 Å². The maximum absolute atomic E-state index is 12.1. The monoisotopic (exact) mass is 348 g/mol. The number of nitrogens with zero attached hydrogens (tertiary/aromatic N) is 1. The van der Waals surface area contributed by atoms with E-state index in [-0.39, 0.29) is 11.8 Å². The molecule has 1 amide bonds. The van der Waals surface area contributed by atoms with Gasteiger partial charge in [-0.25, -0.2) is 10.3 Å². The maximum Gasteiger partial charge on any atom is 0.274 e. The smallest absolute Gasteiger partial charge is 0.274 e. The molecule has 25 heavy (non-hydrogen) atoms. The topological polar surface area (TPSA) is 67.9 Å². The molecular formula is C19H28N2O4. The van der Waals surface area contributed by atoms with Crippen LogP contribution >= 0.6 is 0 Å². The second-order valence-electron chi connectivity index (χ2n) is 6.85. The molecule has 1 fully saturated rings. The van der Waals surface area contributed by atoms with Crippen molar-refractivity contribution in [2.75, 3.05) is 24.6 Å². The SMILES string of the molecule is CC(C)COC(C)ONC(=O)c1ccc(N2CCC(C=O)CC2)cc1. The second kappa shape index (κ2) is 9.53. The van der Waals surface area contributed by atoms with Crippen LogP contribution in [0.25, 0.3) is 0 Å². The summed E-state index contributed by atoms with van der Waals surface area (Å²) in [4.78, 5) is 30.4. The number of anilines is 1. The molecule has 0 aliphatic carbocycles. The van der Waals surface area contributed by atoms with Gasteiger partial charge in [0.05, 0.1) is 6.61 Å². The highest BCUT2D eigenvalue weighted by atomic mass is 16.8. The second-order valence-corrected chi connectivity index (χ2v) is 6.85. The van der Waals surface area contributed by atoms with Crippen molar-refractivity contribution in [3.8, 4) is 0 Å². The third-order valence-electron chi connectivity index (χ3n) is 4.21. The van der Waals surface area contributed by atoms with Crippen LogP contribution in [0, 0.1) is 11.8 Å². The van der Waals surface area contributed by atoms with Gasteiger partial charge in [0, 0.05) is 30.3 Å². The Hall–Kier alpha value is -1.92. The fourth-order valence-electron chi connectivity index (χ4n) is 2.67. The molecule has 1 aliphatic heterocycles. The van der Waals surface area contributed by atoms with Gasteiger partial charge in [-0.2, -0.15) is 0 Å². The van der Waals surface area contributed by atoms with E-state index < -0.39 is 6.29 Å². The number of ether oxygens (including phenoxy) is 1. The number of hydroxylamine groups is 1. The number of hydrogen-bond donors (Lipinski definition) is 1. The van der Waals surface area contributed by atoms with E-state index in [1.165, 1.54) is 0 Å². The van der Waals surface area contributed by atoms with Crippen molar-refractivity contribution in [2.24, 2.45) is 11.8 Å². The Kier molecular flexibility index (Phi) is 7.40. The lowest BCUT2D eigenvalue weighted by molar-refractivity contribution is -0.163. The molecule has 1 aromatic carbocycles. The number of benzene rings is 1. The molecular weight excluding hydrogens is 320 g/mol. The summed E-state index contributed by atoms with van der Waals surface area (Å²) >= 11 is 0. The van der Waals surface area contributed by atoms with Gasteiger partial charge in [0.25, 0.3) is 5.91 Å². The summed E-state index contributed by atoms with van der Waals surface area (Å²) in [7, 11) is 0. The van der Waals surface area contributed by atoms with Gasteiger partial charge in [-0.05, 0) is 49.9 Å². The lowest BCUT2D eigenvalue weighted by Crippen LogP contribution is -2.34. The van der Waals surface area contributed by atoms with Crippen molar-refractivity contribution >= 4 is 17.9 Å². The first-order valence-corrected chi connectivity index (χ1v) is 8.87. The highest BCUT2D eigenvalue weighted by Gasteiger charge is 2.19. The average Bonchev–Trinajstić information content (AvgIpc) is 2.64. The summed E-state index contributed by atoms with van der Waals surface area (Å²) in [5.74, 6) is 0.287. The normalized spacial score (nSPS) is 16.7. The Morgan fingerprint density at radius 3 is 2.44 bits per heavy atom. The first kappa shape index (κ1) is 19.4. The highest BCUT2D eigenvalue weighted by molar-refractivity contribution is 5.93. The van der Waals surface area contributed by atoms with Crippen molar-refractivity contribution in [2.45, 2.75) is 39.9 Å². The number of piperidine rings is 1. The van der Waals surface area contributed by atoms with E-state index in [0.717, 1.165) is 37.9 Å². The van der Waals surface area contributed by atoms with Crippen molar-refractivity contribution in [3.05, 3.63) is 29.8 Å². The lowest BCUT2D eigenvalue weighted by Gasteiger charge is -2.31. The molecule has 138 valence electrons. The minimum Gasteiger partial charge on any atom is -0.371 e. The predicted molar refractivity (Wildman–Crippen MR) is 96.2 cm³/mol. The standard InChI is InChI=1S/C19H28N2O4/c1-14(2)13-24-15(3)25-20-19(23)17-4-6-18(7-5-17)21-10-8-16(12-22)9-11-21/h4-7,12,14-16H,8-11,13H2,1-3H3,(H,20,23). The van der Waals surface area contributed by atoms with Crippen LogP contribution in [0.5, 0.6) is 0 Å². The van der Waals surface area contributed by atoms with Gasteiger partial charge >= 0.3 is 0 Å². The zero-order chi connectivity index (χ0) is 18.2. The first-order valence-electron chi connectivity index (χ1n) is 8.87. The zero-order valence-corrected chi connectivity index (χ0v) is 15.2. The first-order chi connectivity index (χ1) is 12.0. The summed E-state index contributed by atoms with van der Waals surface area (Å²) in [6.07, 6.45) is 2.32. The summed E-state index contributed by atoms with van der Waals surface area (Å²) in [5.41, 5.74) is 4.01. The zero-order valence-electron chi connectivity index (χ0n) is 15.2. The minimum absolute atomic E-state index is 0.179. The molecule has 1 atom stereocenters. The molecule has 0 aromatic heterocycles. The Labute approximate surface area is 149 Å². The molecule has 1 unspecified atom stereocenters. The summed E-state index contributed by atoms with van der Waals surface area (Å²) < 4.78 is 5.44. The van der Waals surface area contributed by atoms with Crippen LogP contribution in [0.2, 0.25) is 0 Å². The molecule has 6 heteroatoms. The van der Waals surface area contributed by atoms with Crippen LogP contribution in [-0.2, 0) is 14.4 Å². The Bertz CT molecular complexity index is 551. The number of carbonyl (C=O) groups is 2. The molecule has 0 spiro atoms. The van der Waals surface area contributed by atoms with Crippen LogP contribution < -0.4 is 10.4 Å². The van der Waals surface area contributed by atoms with E-state index in [0.29, 0.717) is 18.1 Å². The number of amides is 1. The quantitative estimate of drug-likeness (QED) is 0.444. The fraction of sp³-hybridized carbons (Fsp3) is 0.579. The molecule has 1 saturated heterocycles. The summed E-state index contributed by atoms with van der Waals surface area (Å²) in [6, 6.07) is 7.41. The summed E-state index contributed by atoms with van der Waals surface area (Å²) in [6.45, 7) is 8.15. The van der Waals surface area contributed by atoms with Gasteiger partial charge in [-0.15, -0.1) is 0 Å². The van der Waals surface area contributed by atoms with Crippen molar-refractivity contribution in [1.82, 2.24) is 5.48 Å². The molecule has 0 saturated carbocycles. The Balaban J connectivity index is 1.81. The minimum atomic E-state index is -0.496. The Morgan fingerprint density at radius 1 is 1.24 bits per heavy atom. The number of aldehydes is 1. The van der Waals surface area contributed by atoms with E-state index in [1.807, 2.05) is 26.0 Å². The van der Waals surface area contributed by atoms with E-state index in [2.05, 4.69) is 10.4 Å². The van der Waals surface area contributed by atoms with Crippen molar-refractivity contribution in [1.29, 1.82) is 0 Å². The highest BCUT2D eigenvalue weighted by Crippen LogP contribution is 2.22. The molecule has 1 heterocycles. The third-order valence-corrected chi connectivity index (χ3v) is 4.21. The van der Waals surface area contributed by atoms with Crippen molar-refractivity contribution < 1.29 is 19.2 Å². The molecule has 0 bridgehead atoms. The molecule has 1 aliphatic rings. The predicted octanol–water partition coefficient (Wildman–Crippen LogP) is 2.78. The fourth-order valence-corrected chi connectivity index (χ4v) is 2.67. The summed E-state index contributed by atoms with van der Waals surface area (Å²) in [5, 5.41) is 0. The molecule has 1 aromatic rings. The number of nitrogens with one attached hydrogen (secondary N) is 1. The van der Waals surface area contributed by atoms with E-state index in [4.69, 9.17) is 9.57 Å². The number of carbonyl (C=O) groups excluding carboxylic acids is 2. The van der Waals surface area contributed by atoms with E-state index in [9.17, 15) is 9.59 Å². The molecule has 6 nitrogen and oxygen atoms in total. The molecule has 2 rings (SSSR count). The van der Waals surface area contributed by atoms with Gasteiger partial charge in [0.15, 0.2) is 6.29 Å². The largest absolute Gasteiger partial charge is 0.371 e. The maximum atomic E-state index is 12.1. The van der Waals surface area contributed by atoms with Gasteiger partial charge in [0.1, 0.15) is 6.29 Å². The Morgan fingerprint density at radius 2 is 1.88 bits per heavy atom. The van der Waals surface area contributed by atoms with Crippen LogP contribution in [0.4, 0.5) is 5.69 Å². The van der Waals surface area contributed by atoms with Crippen molar-refractivity contribution in [3.63, 3.8) is 0 Å². The third kappa shape index (κ3) is 6.14. The average molecular weight is 348 g/mol. The molecule has 0 radical (unpaired) electrons.